The summed E-state index contributed by atoms with van der Waals surface area (Å²) < 4.78 is 27.3. The molecule has 0 N–H and O–H groups in total. The van der Waals surface area contributed by atoms with Gasteiger partial charge in [0.15, 0.2) is 0 Å². The van der Waals surface area contributed by atoms with Gasteiger partial charge in [-0.25, -0.2) is 13.2 Å². The number of fused-ring (bicyclic) bond motifs is 1. The van der Waals surface area contributed by atoms with E-state index in [1.807, 2.05) is 0 Å². The molecule has 0 atom stereocenters. The van der Waals surface area contributed by atoms with Gasteiger partial charge in [-0.2, -0.15) is 4.31 Å². The number of halogens is 2. The molecule has 0 radical (unpaired) electrons. The Bertz CT molecular complexity index is 1210. The summed E-state index contributed by atoms with van der Waals surface area (Å²) in [5.41, 5.74) is 2.14. The van der Waals surface area contributed by atoms with Gasteiger partial charge < -0.3 is 0 Å². The van der Waals surface area contributed by atoms with Gasteiger partial charge in [-0.1, -0.05) is 53.5 Å². The third kappa shape index (κ3) is 3.48. The van der Waals surface area contributed by atoms with Crippen molar-refractivity contribution in [2.45, 2.75) is 18.4 Å². The average Bonchev–Trinajstić information content (AvgIpc) is 2.69. The Kier molecular flexibility index (Phi) is 5.02. The number of amides is 2. The first-order valence-electron chi connectivity index (χ1n) is 8.75. The maximum atomic E-state index is 13.4. The second kappa shape index (κ2) is 7.37. The van der Waals surface area contributed by atoms with Crippen LogP contribution in [0.1, 0.15) is 11.1 Å². The second-order valence-corrected chi connectivity index (χ2v) is 9.26. The standard InChI is InChI=1S/C21H16Cl2N2O3S/c1-14-6-11-17(12-18(14)23)25-21(26)24(13-15-7-9-16(22)10-8-15)19-4-2-3-5-20(19)29(25,27)28/h2-12H,13H2,1H3. The van der Waals surface area contributed by atoms with Gasteiger partial charge in [0.25, 0.3) is 10.0 Å². The van der Waals surface area contributed by atoms with Crippen LogP contribution >= 0.6 is 23.2 Å². The van der Waals surface area contributed by atoms with Crippen molar-refractivity contribution >= 4 is 50.6 Å². The molecular formula is C21H16Cl2N2O3S. The van der Waals surface area contributed by atoms with Crippen molar-refractivity contribution in [3.8, 4) is 0 Å². The van der Waals surface area contributed by atoms with Crippen LogP contribution in [-0.2, 0) is 16.6 Å². The van der Waals surface area contributed by atoms with E-state index in [0.717, 1.165) is 15.4 Å². The van der Waals surface area contributed by atoms with Crippen LogP contribution < -0.4 is 9.21 Å². The lowest BCUT2D eigenvalue weighted by atomic mass is 10.2. The van der Waals surface area contributed by atoms with Gasteiger partial charge in [0.05, 0.1) is 17.9 Å². The maximum absolute atomic E-state index is 13.4. The number of benzene rings is 3. The molecule has 1 heterocycles. The highest BCUT2D eigenvalue weighted by Crippen LogP contribution is 2.38. The van der Waals surface area contributed by atoms with E-state index in [-0.39, 0.29) is 17.1 Å². The monoisotopic (exact) mass is 446 g/mol. The summed E-state index contributed by atoms with van der Waals surface area (Å²) in [4.78, 5) is 14.9. The van der Waals surface area contributed by atoms with E-state index in [0.29, 0.717) is 15.7 Å². The van der Waals surface area contributed by atoms with Crippen LogP contribution in [0.2, 0.25) is 10.0 Å². The van der Waals surface area contributed by atoms with Crippen LogP contribution in [0.25, 0.3) is 0 Å². The van der Waals surface area contributed by atoms with E-state index in [1.54, 1.807) is 61.5 Å². The minimum Gasteiger partial charge on any atom is -0.287 e. The largest absolute Gasteiger partial charge is 0.343 e. The molecule has 1 aliphatic heterocycles. The number of carbonyl (C=O) groups is 1. The van der Waals surface area contributed by atoms with Crippen molar-refractivity contribution in [3.05, 3.63) is 87.9 Å². The lowest BCUT2D eigenvalue weighted by Gasteiger charge is -2.36. The molecule has 3 aromatic carbocycles. The number of sulfonamides is 1. The molecule has 8 heteroatoms. The number of para-hydroxylation sites is 1. The summed E-state index contributed by atoms with van der Waals surface area (Å²) in [5.74, 6) is 0. The molecule has 3 aromatic rings. The second-order valence-electron chi connectivity index (χ2n) is 6.67. The maximum Gasteiger partial charge on any atom is 0.343 e. The van der Waals surface area contributed by atoms with Crippen LogP contribution in [-0.4, -0.2) is 14.4 Å². The first-order chi connectivity index (χ1) is 13.8. The molecule has 0 bridgehead atoms. The van der Waals surface area contributed by atoms with Crippen LogP contribution in [0.3, 0.4) is 0 Å². The highest BCUT2D eigenvalue weighted by molar-refractivity contribution is 7.94. The quantitative estimate of drug-likeness (QED) is 0.522. The third-order valence-corrected chi connectivity index (χ3v) is 7.13. The molecule has 0 saturated heterocycles. The van der Waals surface area contributed by atoms with Crippen molar-refractivity contribution in [1.29, 1.82) is 0 Å². The molecule has 0 aliphatic carbocycles. The zero-order valence-corrected chi connectivity index (χ0v) is 17.7. The summed E-state index contributed by atoms with van der Waals surface area (Å²) in [6, 6.07) is 17.6. The van der Waals surface area contributed by atoms with Crippen LogP contribution in [0, 0.1) is 6.92 Å². The third-order valence-electron chi connectivity index (χ3n) is 4.72. The topological polar surface area (TPSA) is 57.7 Å². The zero-order chi connectivity index (χ0) is 20.8. The van der Waals surface area contributed by atoms with Gasteiger partial charge in [0.1, 0.15) is 4.90 Å². The Morgan fingerprint density at radius 3 is 2.31 bits per heavy atom. The van der Waals surface area contributed by atoms with E-state index in [4.69, 9.17) is 23.2 Å². The van der Waals surface area contributed by atoms with E-state index < -0.39 is 16.1 Å². The van der Waals surface area contributed by atoms with Crippen molar-refractivity contribution < 1.29 is 13.2 Å². The summed E-state index contributed by atoms with van der Waals surface area (Å²) >= 11 is 12.1. The summed E-state index contributed by atoms with van der Waals surface area (Å²) in [5, 5.41) is 0.964. The number of hydrogen-bond acceptors (Lipinski definition) is 3. The molecule has 0 saturated carbocycles. The van der Waals surface area contributed by atoms with Gasteiger partial charge in [0, 0.05) is 10.0 Å². The molecule has 148 valence electrons. The lowest BCUT2D eigenvalue weighted by Crippen LogP contribution is -2.50. The van der Waals surface area contributed by atoms with Crippen LogP contribution in [0.4, 0.5) is 16.2 Å². The fraction of sp³-hybridized carbons (Fsp3) is 0.0952. The zero-order valence-electron chi connectivity index (χ0n) is 15.3. The molecule has 0 aromatic heterocycles. The van der Waals surface area contributed by atoms with Crippen molar-refractivity contribution in [2.75, 3.05) is 9.21 Å². The van der Waals surface area contributed by atoms with Gasteiger partial charge in [0.2, 0.25) is 0 Å². The molecule has 4 rings (SSSR count). The fourth-order valence-corrected chi connectivity index (χ4v) is 5.08. The van der Waals surface area contributed by atoms with Crippen molar-refractivity contribution in [2.24, 2.45) is 0 Å². The average molecular weight is 447 g/mol. The van der Waals surface area contributed by atoms with Crippen molar-refractivity contribution in [3.63, 3.8) is 0 Å². The van der Waals surface area contributed by atoms with Gasteiger partial charge >= 0.3 is 6.03 Å². The summed E-state index contributed by atoms with van der Waals surface area (Å²) in [6.45, 7) is 2.00. The molecule has 0 unspecified atom stereocenters. The van der Waals surface area contributed by atoms with Crippen LogP contribution in [0.15, 0.2) is 71.6 Å². The predicted octanol–water partition coefficient (Wildman–Crippen LogP) is 5.64. The highest BCUT2D eigenvalue weighted by atomic mass is 35.5. The minimum absolute atomic E-state index is 0.0604. The number of aryl methyl sites for hydroxylation is 1. The molecular weight excluding hydrogens is 431 g/mol. The van der Waals surface area contributed by atoms with E-state index in [2.05, 4.69) is 0 Å². The number of carbonyl (C=O) groups excluding carboxylic acids is 1. The Labute approximate surface area is 179 Å². The summed E-state index contributed by atoms with van der Waals surface area (Å²) in [7, 11) is -4.08. The number of anilines is 2. The Morgan fingerprint density at radius 1 is 0.931 bits per heavy atom. The number of hydrogen-bond donors (Lipinski definition) is 0. The SMILES string of the molecule is Cc1ccc(N2C(=O)N(Cc3ccc(Cl)cc3)c3ccccc3S2(=O)=O)cc1Cl. The highest BCUT2D eigenvalue weighted by Gasteiger charge is 2.42. The molecule has 5 nitrogen and oxygen atoms in total. The van der Waals surface area contributed by atoms with Gasteiger partial charge in [-0.15, -0.1) is 0 Å². The van der Waals surface area contributed by atoms with Gasteiger partial charge in [-0.3, -0.25) is 4.90 Å². The van der Waals surface area contributed by atoms with Gasteiger partial charge in [-0.05, 0) is 54.4 Å². The predicted molar refractivity (Wildman–Crippen MR) is 115 cm³/mol. The van der Waals surface area contributed by atoms with E-state index in [1.165, 1.54) is 17.0 Å². The number of rotatable bonds is 3. The molecule has 29 heavy (non-hydrogen) atoms. The number of nitrogens with zero attached hydrogens (tertiary/aromatic N) is 2. The molecule has 0 spiro atoms. The molecule has 2 amide bonds. The lowest BCUT2D eigenvalue weighted by molar-refractivity contribution is 0.253. The summed E-state index contributed by atoms with van der Waals surface area (Å²) in [6.07, 6.45) is 0. The molecule has 1 aliphatic rings. The first kappa shape index (κ1) is 19.8. The molecule has 0 fully saturated rings. The fourth-order valence-electron chi connectivity index (χ4n) is 3.19. The Balaban J connectivity index is 1.86. The number of urea groups is 1. The normalized spacial score (nSPS) is 15.3. The minimum atomic E-state index is -4.08. The first-order valence-corrected chi connectivity index (χ1v) is 10.9. The Hall–Kier alpha value is -2.54. The smallest absolute Gasteiger partial charge is 0.287 e. The van der Waals surface area contributed by atoms with E-state index >= 15 is 0 Å². The Morgan fingerprint density at radius 2 is 1.62 bits per heavy atom. The van der Waals surface area contributed by atoms with Crippen molar-refractivity contribution in [1.82, 2.24) is 0 Å². The van der Waals surface area contributed by atoms with Crippen LogP contribution in [0.5, 0.6) is 0 Å². The van der Waals surface area contributed by atoms with E-state index in [9.17, 15) is 13.2 Å².